The van der Waals surface area contributed by atoms with Crippen LogP contribution in [0.5, 0.6) is 0 Å². The number of hydrogen-bond acceptors (Lipinski definition) is 7. The van der Waals surface area contributed by atoms with E-state index in [1.54, 1.807) is 43.5 Å². The molecular weight excluding hydrogens is 414 g/mol. The van der Waals surface area contributed by atoms with Gasteiger partial charge in [0.2, 0.25) is 5.91 Å². The van der Waals surface area contributed by atoms with E-state index in [2.05, 4.69) is 10.2 Å². The van der Waals surface area contributed by atoms with Gasteiger partial charge in [0, 0.05) is 17.1 Å². The Kier molecular flexibility index (Phi) is 5.73. The molecule has 1 aromatic carbocycles. The maximum atomic E-state index is 13.1. The Morgan fingerprint density at radius 1 is 1.21 bits per heavy atom. The van der Waals surface area contributed by atoms with E-state index in [-0.39, 0.29) is 11.8 Å². The van der Waals surface area contributed by atoms with E-state index >= 15 is 0 Å². The summed E-state index contributed by atoms with van der Waals surface area (Å²) in [5.74, 6) is 0.454. The Hall–Kier alpha value is -2.58. The first kappa shape index (κ1) is 19.7. The fraction of sp³-hybridized carbons (Fsp3) is 0.300. The van der Waals surface area contributed by atoms with Crippen LogP contribution in [0.1, 0.15) is 35.4 Å². The van der Waals surface area contributed by atoms with Gasteiger partial charge >= 0.3 is 0 Å². The molecule has 4 rings (SSSR count). The molecule has 1 fully saturated rings. The highest BCUT2D eigenvalue weighted by molar-refractivity contribution is 8.00. The Bertz CT molecular complexity index is 1030. The average Bonchev–Trinajstić information content (AvgIpc) is 3.30. The van der Waals surface area contributed by atoms with Crippen LogP contribution in [0.15, 0.2) is 50.7 Å². The number of carbonyl (C=O) groups excluding carboxylic acids is 2. The van der Waals surface area contributed by atoms with Crippen LogP contribution < -0.4 is 0 Å². The number of likely N-dealkylation sites (tertiary alicyclic amines) is 1. The number of carbonyl (C=O) groups is 2. The van der Waals surface area contributed by atoms with Crippen LogP contribution in [0.3, 0.4) is 0 Å². The molecule has 1 saturated heterocycles. The highest BCUT2D eigenvalue weighted by Gasteiger charge is 2.33. The number of aryl methyl sites for hydroxylation is 1. The van der Waals surface area contributed by atoms with Gasteiger partial charge in [-0.1, -0.05) is 29.8 Å². The number of imide groups is 1. The summed E-state index contributed by atoms with van der Waals surface area (Å²) in [6, 6.07) is 8.29. The van der Waals surface area contributed by atoms with Crippen LogP contribution in [0.2, 0.25) is 5.02 Å². The summed E-state index contributed by atoms with van der Waals surface area (Å²) >= 11 is 7.09. The second-order valence-electron chi connectivity index (χ2n) is 6.67. The van der Waals surface area contributed by atoms with Crippen molar-refractivity contribution in [2.24, 2.45) is 0 Å². The Labute approximate surface area is 176 Å². The van der Waals surface area contributed by atoms with Gasteiger partial charge in [-0.2, -0.15) is 0 Å². The number of rotatable bonds is 4. The van der Waals surface area contributed by atoms with Crippen molar-refractivity contribution in [2.45, 2.75) is 36.7 Å². The van der Waals surface area contributed by atoms with Gasteiger partial charge in [-0.05, 0) is 50.1 Å². The van der Waals surface area contributed by atoms with Crippen LogP contribution in [-0.4, -0.2) is 38.7 Å². The van der Waals surface area contributed by atoms with Gasteiger partial charge in [-0.3, -0.25) is 14.5 Å². The van der Waals surface area contributed by atoms with Crippen molar-refractivity contribution in [1.29, 1.82) is 0 Å². The molecule has 2 amide bonds. The molecule has 0 spiro atoms. The molecule has 150 valence electrons. The third kappa shape index (κ3) is 4.23. The van der Waals surface area contributed by atoms with E-state index in [9.17, 15) is 9.59 Å². The fourth-order valence-corrected chi connectivity index (χ4v) is 4.26. The first-order chi connectivity index (χ1) is 14.0. The normalized spacial score (nSPS) is 17.4. The number of aromatic nitrogens is 2. The van der Waals surface area contributed by atoms with Crippen LogP contribution in [0.25, 0.3) is 11.5 Å². The SMILES string of the molecule is Cc1occc1-c1nnc(S[C@@H]2CCCCN(C(=O)c3ccc(Cl)cc3)C2=O)o1. The molecule has 1 aliphatic rings. The summed E-state index contributed by atoms with van der Waals surface area (Å²) in [5, 5.41) is 8.45. The van der Waals surface area contributed by atoms with Crippen molar-refractivity contribution in [2.75, 3.05) is 6.54 Å². The van der Waals surface area contributed by atoms with Crippen molar-refractivity contribution >= 4 is 35.2 Å². The van der Waals surface area contributed by atoms with Crippen molar-refractivity contribution in [3.8, 4) is 11.5 Å². The number of hydrogen-bond donors (Lipinski definition) is 0. The standard InChI is InChI=1S/C20H18ClN3O4S/c1-12-15(9-11-27-12)17-22-23-20(28-17)29-16-4-2-3-10-24(19(16)26)18(25)13-5-7-14(21)8-6-13/h5-9,11,16H,2-4,10H2,1H3/t16-/m1/s1. The molecule has 9 heteroatoms. The highest BCUT2D eigenvalue weighted by Crippen LogP contribution is 2.32. The van der Waals surface area contributed by atoms with Crippen LogP contribution in [-0.2, 0) is 4.79 Å². The van der Waals surface area contributed by atoms with Crippen LogP contribution in [0, 0.1) is 6.92 Å². The van der Waals surface area contributed by atoms with Gasteiger partial charge in [-0.25, -0.2) is 0 Å². The van der Waals surface area contributed by atoms with E-state index in [0.29, 0.717) is 40.4 Å². The first-order valence-corrected chi connectivity index (χ1v) is 10.4. The van der Waals surface area contributed by atoms with E-state index in [0.717, 1.165) is 18.4 Å². The lowest BCUT2D eigenvalue weighted by Gasteiger charge is -2.21. The molecule has 0 N–H and O–H groups in total. The molecule has 29 heavy (non-hydrogen) atoms. The van der Waals surface area contributed by atoms with E-state index in [1.807, 2.05) is 0 Å². The average molecular weight is 432 g/mol. The maximum absolute atomic E-state index is 13.1. The van der Waals surface area contributed by atoms with Crippen molar-refractivity contribution in [3.05, 3.63) is 52.9 Å². The third-order valence-electron chi connectivity index (χ3n) is 4.71. The minimum atomic E-state index is -0.465. The summed E-state index contributed by atoms with van der Waals surface area (Å²) < 4.78 is 11.0. The lowest BCUT2D eigenvalue weighted by molar-refractivity contribution is -0.127. The Morgan fingerprint density at radius 3 is 2.72 bits per heavy atom. The van der Waals surface area contributed by atoms with Gasteiger partial charge < -0.3 is 8.83 Å². The summed E-state index contributed by atoms with van der Waals surface area (Å²) in [7, 11) is 0. The van der Waals surface area contributed by atoms with Crippen molar-refractivity contribution in [1.82, 2.24) is 15.1 Å². The van der Waals surface area contributed by atoms with Gasteiger partial charge in [0.1, 0.15) is 5.76 Å². The number of thioether (sulfide) groups is 1. The van der Waals surface area contributed by atoms with Crippen molar-refractivity contribution in [3.63, 3.8) is 0 Å². The fourth-order valence-electron chi connectivity index (χ4n) is 3.16. The lowest BCUT2D eigenvalue weighted by Crippen LogP contribution is -2.41. The molecule has 7 nitrogen and oxygen atoms in total. The van der Waals surface area contributed by atoms with Gasteiger partial charge in [0.05, 0.1) is 17.1 Å². The third-order valence-corrected chi connectivity index (χ3v) is 6.06. The summed E-state index contributed by atoms with van der Waals surface area (Å²) in [4.78, 5) is 27.2. The predicted octanol–water partition coefficient (Wildman–Crippen LogP) is 4.61. The largest absolute Gasteiger partial charge is 0.469 e. The zero-order valence-electron chi connectivity index (χ0n) is 15.6. The van der Waals surface area contributed by atoms with E-state index < -0.39 is 5.25 Å². The van der Waals surface area contributed by atoms with E-state index in [1.165, 1.54) is 16.7 Å². The van der Waals surface area contributed by atoms with Gasteiger partial charge in [-0.15, -0.1) is 10.2 Å². The molecule has 3 heterocycles. The zero-order chi connectivity index (χ0) is 20.4. The number of halogens is 1. The molecule has 3 aromatic rings. The smallest absolute Gasteiger partial charge is 0.277 e. The number of benzene rings is 1. The predicted molar refractivity (Wildman–Crippen MR) is 108 cm³/mol. The first-order valence-electron chi connectivity index (χ1n) is 9.19. The summed E-state index contributed by atoms with van der Waals surface area (Å²) in [5.41, 5.74) is 1.15. The highest BCUT2D eigenvalue weighted by atomic mass is 35.5. The molecule has 0 aliphatic carbocycles. The number of amides is 2. The zero-order valence-corrected chi connectivity index (χ0v) is 17.2. The Balaban J connectivity index is 1.51. The number of nitrogens with zero attached hydrogens (tertiary/aromatic N) is 3. The molecular formula is C20H18ClN3O4S. The second kappa shape index (κ2) is 8.42. The minimum absolute atomic E-state index is 0.244. The maximum Gasteiger partial charge on any atom is 0.277 e. The molecule has 0 bridgehead atoms. The number of furan rings is 1. The minimum Gasteiger partial charge on any atom is -0.469 e. The van der Waals surface area contributed by atoms with Gasteiger partial charge in [0.15, 0.2) is 0 Å². The molecule has 1 atom stereocenters. The monoisotopic (exact) mass is 431 g/mol. The Morgan fingerprint density at radius 2 is 2.00 bits per heavy atom. The summed E-state index contributed by atoms with van der Waals surface area (Å²) in [6.07, 6.45) is 3.77. The molecule has 0 unspecified atom stereocenters. The summed E-state index contributed by atoms with van der Waals surface area (Å²) in [6.45, 7) is 2.20. The van der Waals surface area contributed by atoms with Crippen LogP contribution in [0.4, 0.5) is 0 Å². The quantitative estimate of drug-likeness (QED) is 0.557. The molecule has 0 radical (unpaired) electrons. The topological polar surface area (TPSA) is 89.4 Å². The molecule has 1 aliphatic heterocycles. The second-order valence-corrected chi connectivity index (χ2v) is 8.26. The van der Waals surface area contributed by atoms with Crippen LogP contribution >= 0.6 is 23.4 Å². The van der Waals surface area contributed by atoms with Gasteiger partial charge in [0.25, 0.3) is 17.0 Å². The molecule has 0 saturated carbocycles. The van der Waals surface area contributed by atoms with E-state index in [4.69, 9.17) is 20.4 Å². The van der Waals surface area contributed by atoms with Crippen molar-refractivity contribution < 1.29 is 18.4 Å². The molecule has 2 aromatic heterocycles. The lowest BCUT2D eigenvalue weighted by atomic mass is 10.2.